The van der Waals surface area contributed by atoms with Crippen LogP contribution in [-0.4, -0.2) is 7.11 Å². The van der Waals surface area contributed by atoms with Crippen LogP contribution >= 0.6 is 0 Å². The fourth-order valence-corrected chi connectivity index (χ4v) is 7.21. The minimum Gasteiger partial charge on any atom is -1.00 e. The molecule has 1 aromatic carbocycles. The van der Waals surface area contributed by atoms with Crippen molar-refractivity contribution in [1.82, 2.24) is 0 Å². The number of benzene rings is 1. The maximum Gasteiger partial charge on any atom is -1.00 e. The minimum atomic E-state index is -1.82. The fraction of sp³-hybridized carbons (Fsp3) is 0.500. The maximum atomic E-state index is 6.06. The van der Waals surface area contributed by atoms with Crippen LogP contribution in [0.25, 0.3) is 5.57 Å². The Kier molecular flexibility index (Phi) is 9.04. The van der Waals surface area contributed by atoms with Gasteiger partial charge in [0.1, 0.15) is 0 Å². The normalized spacial score (nSPS) is 17.6. The van der Waals surface area contributed by atoms with Crippen LogP contribution < -0.4 is 28.7 Å². The van der Waals surface area contributed by atoms with Crippen LogP contribution in [0.5, 0.6) is 0 Å². The van der Waals surface area contributed by atoms with E-state index in [1.165, 1.54) is 31.7 Å². The van der Waals surface area contributed by atoms with Crippen LogP contribution in [0, 0.1) is 5.92 Å². The smallest absolute Gasteiger partial charge is 1.00 e. The summed E-state index contributed by atoms with van der Waals surface area (Å²) in [6, 6.07) is 8.94. The molecule has 24 heavy (non-hydrogen) atoms. The SMILES string of the molecule is C[O][Ti+2]([c]1ccccc1C1=C(C)C(C)=C(C)C1C)[C](C)(C)C.[Cl-].[Cl-]. The number of allylic oxidation sites excluding steroid dienone is 4. The first-order chi connectivity index (χ1) is 10.2. The number of hydrogen-bond donors (Lipinski definition) is 0. The van der Waals surface area contributed by atoms with E-state index in [4.69, 9.17) is 3.32 Å². The molecule has 1 atom stereocenters. The van der Waals surface area contributed by atoms with Gasteiger partial charge in [-0.2, -0.15) is 0 Å². The monoisotopic (exact) mass is 403 g/mol. The van der Waals surface area contributed by atoms with Crippen molar-refractivity contribution in [2.75, 3.05) is 7.11 Å². The standard InChI is InChI=1S/C15H17.C4H9.CH3O.2ClH.Ti/c1-10-11(2)13(4)15(12(10)3)14-8-6-5-7-9-14;1-4(2)3;1-2;;;/h5-8,12H,1-4H3;1-3H3;1H3;2*1H;/q;;-1;;;+3/p-2. The Morgan fingerprint density at radius 3 is 1.92 bits per heavy atom. The maximum absolute atomic E-state index is 6.06. The van der Waals surface area contributed by atoms with Crippen LogP contribution in [0.2, 0.25) is 3.72 Å². The third-order valence-corrected chi connectivity index (χ3v) is 9.20. The van der Waals surface area contributed by atoms with Crippen molar-refractivity contribution in [1.29, 1.82) is 0 Å². The summed E-state index contributed by atoms with van der Waals surface area (Å²) in [5, 5.41) is 0. The Morgan fingerprint density at radius 2 is 1.50 bits per heavy atom. The van der Waals surface area contributed by atoms with E-state index in [1.807, 2.05) is 7.11 Å². The Labute approximate surface area is 167 Å². The van der Waals surface area contributed by atoms with E-state index in [0.717, 1.165) is 0 Å². The zero-order valence-electron chi connectivity index (χ0n) is 16.1. The van der Waals surface area contributed by atoms with Crippen LogP contribution in [0.1, 0.15) is 54.0 Å². The molecule has 0 heterocycles. The molecule has 1 nitrogen and oxygen atoms in total. The van der Waals surface area contributed by atoms with Gasteiger partial charge in [-0.05, 0) is 0 Å². The van der Waals surface area contributed by atoms with Gasteiger partial charge < -0.3 is 24.8 Å². The van der Waals surface area contributed by atoms with E-state index in [-0.39, 0.29) is 28.5 Å². The number of hydrogen-bond acceptors (Lipinski definition) is 1. The van der Waals surface area contributed by atoms with Gasteiger partial charge in [0.15, 0.2) is 0 Å². The molecule has 1 unspecified atom stereocenters. The predicted octanol–water partition coefficient (Wildman–Crippen LogP) is -0.522. The molecular weight excluding hydrogens is 375 g/mol. The average Bonchev–Trinajstić information content (AvgIpc) is 2.63. The van der Waals surface area contributed by atoms with Gasteiger partial charge in [0, 0.05) is 0 Å². The van der Waals surface area contributed by atoms with Crippen molar-refractivity contribution in [3.63, 3.8) is 0 Å². The fourth-order valence-electron chi connectivity index (χ4n) is 3.54. The number of halogens is 2. The van der Waals surface area contributed by atoms with Crippen LogP contribution in [0.15, 0.2) is 41.0 Å². The summed E-state index contributed by atoms with van der Waals surface area (Å²) >= 11 is -1.82. The second-order valence-electron chi connectivity index (χ2n) is 7.40. The molecule has 0 N–H and O–H groups in total. The zero-order chi connectivity index (χ0) is 16.7. The van der Waals surface area contributed by atoms with E-state index in [9.17, 15) is 0 Å². The summed E-state index contributed by atoms with van der Waals surface area (Å²) in [6.45, 7) is 16.1. The molecule has 0 amide bonds. The van der Waals surface area contributed by atoms with Gasteiger partial charge in [-0.25, -0.2) is 0 Å². The molecule has 0 spiro atoms. The Morgan fingerprint density at radius 1 is 0.958 bits per heavy atom. The van der Waals surface area contributed by atoms with Gasteiger partial charge in [-0.15, -0.1) is 0 Å². The molecule has 0 saturated heterocycles. The summed E-state index contributed by atoms with van der Waals surface area (Å²) in [4.78, 5) is 0. The van der Waals surface area contributed by atoms with Crippen LogP contribution in [0.4, 0.5) is 0 Å². The van der Waals surface area contributed by atoms with Gasteiger partial charge in [0.25, 0.3) is 0 Å². The Hall–Kier alpha value is -0.0457. The first-order valence-electron chi connectivity index (χ1n) is 8.09. The molecule has 2 rings (SSSR count). The average molecular weight is 404 g/mol. The summed E-state index contributed by atoms with van der Waals surface area (Å²) < 4.78 is 7.76. The van der Waals surface area contributed by atoms with E-state index in [0.29, 0.717) is 5.92 Å². The topological polar surface area (TPSA) is 9.23 Å². The molecule has 133 valence electrons. The quantitative estimate of drug-likeness (QED) is 0.617. The summed E-state index contributed by atoms with van der Waals surface area (Å²) in [7, 11) is 1.89. The van der Waals surface area contributed by atoms with Crippen molar-refractivity contribution < 1.29 is 46.4 Å². The summed E-state index contributed by atoms with van der Waals surface area (Å²) in [5.74, 6) is 0.512. The molecule has 0 saturated carbocycles. The molecule has 0 aromatic heterocycles. The molecule has 4 heteroatoms. The van der Waals surface area contributed by atoms with E-state index in [1.54, 1.807) is 0 Å². The first kappa shape index (κ1) is 24.0. The van der Waals surface area contributed by atoms with Gasteiger partial charge in [0.2, 0.25) is 0 Å². The van der Waals surface area contributed by atoms with Crippen LogP contribution in [-0.2, 0) is 21.6 Å². The zero-order valence-corrected chi connectivity index (χ0v) is 19.1. The van der Waals surface area contributed by atoms with Crippen molar-refractivity contribution in [3.05, 3.63) is 46.5 Å². The predicted molar refractivity (Wildman–Crippen MR) is 92.9 cm³/mol. The minimum absolute atomic E-state index is 0. The van der Waals surface area contributed by atoms with E-state index >= 15 is 0 Å². The van der Waals surface area contributed by atoms with Gasteiger partial charge in [-0.1, -0.05) is 0 Å². The van der Waals surface area contributed by atoms with E-state index < -0.39 is 18.3 Å². The van der Waals surface area contributed by atoms with E-state index in [2.05, 4.69) is 72.7 Å². The first-order valence-corrected chi connectivity index (χ1v) is 10.3. The van der Waals surface area contributed by atoms with Crippen LogP contribution in [0.3, 0.4) is 0 Å². The largest absolute Gasteiger partial charge is 1.00 e. The summed E-state index contributed by atoms with van der Waals surface area (Å²) in [6.07, 6.45) is 0. The third kappa shape index (κ3) is 4.37. The molecule has 0 fully saturated rings. The van der Waals surface area contributed by atoms with Gasteiger partial charge >= 0.3 is 143 Å². The summed E-state index contributed by atoms with van der Waals surface area (Å²) in [5.41, 5.74) is 7.37. The van der Waals surface area contributed by atoms with Gasteiger partial charge in [-0.3, -0.25) is 0 Å². The van der Waals surface area contributed by atoms with Crippen molar-refractivity contribution in [3.8, 4) is 0 Å². The molecule has 0 radical (unpaired) electrons. The Bertz CT molecular complexity index is 641. The van der Waals surface area contributed by atoms with Crippen molar-refractivity contribution in [2.45, 2.75) is 52.2 Å². The second-order valence-corrected chi connectivity index (χ2v) is 12.2. The molecule has 1 aliphatic rings. The molecule has 0 aliphatic heterocycles. The molecular formula is C20H29Cl2OTi. The molecule has 1 aliphatic carbocycles. The van der Waals surface area contributed by atoms with Crippen molar-refractivity contribution in [2.24, 2.45) is 5.92 Å². The Balaban J connectivity index is 0.00000264. The number of rotatable bonds is 3. The van der Waals surface area contributed by atoms with Gasteiger partial charge in [0.05, 0.1) is 0 Å². The molecule has 0 bridgehead atoms. The molecule has 1 aromatic rings. The third-order valence-electron chi connectivity index (χ3n) is 4.99. The van der Waals surface area contributed by atoms with Crippen molar-refractivity contribution >= 4 is 9.44 Å². The second kappa shape index (κ2) is 9.06.